The summed E-state index contributed by atoms with van der Waals surface area (Å²) in [5.41, 5.74) is 0. The van der Waals surface area contributed by atoms with Crippen LogP contribution in [0.15, 0.2) is 24.2 Å². The predicted molar refractivity (Wildman–Crippen MR) is 53.1 cm³/mol. The van der Waals surface area contributed by atoms with Gasteiger partial charge in [0.15, 0.2) is 0 Å². The molecule has 0 N–H and O–H groups in total. The van der Waals surface area contributed by atoms with Crippen LogP contribution in [-0.2, 0) is 4.74 Å². The van der Waals surface area contributed by atoms with Crippen molar-refractivity contribution in [3.05, 3.63) is 24.2 Å². The van der Waals surface area contributed by atoms with E-state index in [2.05, 4.69) is 24.1 Å². The average Bonchev–Trinajstić information content (AvgIpc) is 2.52. The third-order valence-corrected chi connectivity index (χ3v) is 2.73. The van der Waals surface area contributed by atoms with Crippen LogP contribution < -0.4 is 0 Å². The lowest BCUT2D eigenvalue weighted by Crippen LogP contribution is -2.25. The molecule has 2 heteroatoms. The van der Waals surface area contributed by atoms with Gasteiger partial charge in [-0.2, -0.15) is 0 Å². The van der Waals surface area contributed by atoms with Gasteiger partial charge < -0.3 is 9.64 Å². The van der Waals surface area contributed by atoms with Crippen molar-refractivity contribution in [2.45, 2.75) is 19.3 Å². The van der Waals surface area contributed by atoms with E-state index in [0.29, 0.717) is 5.92 Å². The van der Waals surface area contributed by atoms with Gasteiger partial charge in [-0.1, -0.05) is 0 Å². The van der Waals surface area contributed by atoms with Crippen LogP contribution >= 0.6 is 0 Å². The third-order valence-electron chi connectivity index (χ3n) is 2.73. The van der Waals surface area contributed by atoms with E-state index < -0.39 is 0 Å². The number of allylic oxidation sites excluding steroid dienone is 1. The van der Waals surface area contributed by atoms with Crippen LogP contribution in [0, 0.1) is 5.92 Å². The third kappa shape index (κ3) is 2.13. The summed E-state index contributed by atoms with van der Waals surface area (Å²) in [6, 6.07) is 0. The zero-order chi connectivity index (χ0) is 9.10. The van der Waals surface area contributed by atoms with Crippen molar-refractivity contribution in [1.82, 2.24) is 4.90 Å². The van der Waals surface area contributed by atoms with E-state index in [1.807, 2.05) is 6.26 Å². The molecule has 0 spiro atoms. The Hall–Kier alpha value is -0.760. The highest BCUT2D eigenvalue weighted by atomic mass is 16.5. The Morgan fingerprint density at radius 3 is 3.31 bits per heavy atom. The topological polar surface area (TPSA) is 12.5 Å². The lowest BCUT2D eigenvalue weighted by atomic mass is 10.1. The van der Waals surface area contributed by atoms with Gasteiger partial charge in [-0.15, -0.1) is 0 Å². The summed E-state index contributed by atoms with van der Waals surface area (Å²) >= 11 is 0. The van der Waals surface area contributed by atoms with Crippen molar-refractivity contribution in [3.8, 4) is 0 Å². The second-order valence-electron chi connectivity index (χ2n) is 3.92. The van der Waals surface area contributed by atoms with E-state index in [9.17, 15) is 0 Å². The number of nitrogens with zero attached hydrogens (tertiary/aromatic N) is 1. The van der Waals surface area contributed by atoms with E-state index in [0.717, 1.165) is 12.3 Å². The fourth-order valence-corrected chi connectivity index (χ4v) is 1.94. The molecule has 1 unspecified atom stereocenters. The predicted octanol–water partition coefficient (Wildman–Crippen LogP) is 2.15. The monoisotopic (exact) mass is 179 g/mol. The second kappa shape index (κ2) is 3.97. The summed E-state index contributed by atoms with van der Waals surface area (Å²) in [4.78, 5) is 2.39. The van der Waals surface area contributed by atoms with Crippen molar-refractivity contribution in [2.75, 3.05) is 20.1 Å². The Kier molecular flexibility index (Phi) is 2.69. The normalized spacial score (nSPS) is 33.6. The first-order valence-electron chi connectivity index (χ1n) is 5.08. The molecule has 0 aromatic carbocycles. The Labute approximate surface area is 79.9 Å². The maximum absolute atomic E-state index is 5.45. The smallest absolute Gasteiger partial charge is 0.107 e. The number of rotatable bonds is 0. The SMILES string of the molecule is CN1CCCC/C=C2\OC=CC2C1. The van der Waals surface area contributed by atoms with Gasteiger partial charge >= 0.3 is 0 Å². The summed E-state index contributed by atoms with van der Waals surface area (Å²) in [6.07, 6.45) is 9.99. The van der Waals surface area contributed by atoms with Gasteiger partial charge in [-0.3, -0.25) is 0 Å². The molecule has 1 atom stereocenters. The van der Waals surface area contributed by atoms with Gasteiger partial charge in [0.25, 0.3) is 0 Å². The summed E-state index contributed by atoms with van der Waals surface area (Å²) < 4.78 is 5.45. The highest BCUT2D eigenvalue weighted by Gasteiger charge is 2.19. The van der Waals surface area contributed by atoms with Gasteiger partial charge in [0.05, 0.1) is 12.2 Å². The molecule has 0 aromatic heterocycles. The fraction of sp³-hybridized carbons (Fsp3) is 0.636. The van der Waals surface area contributed by atoms with Crippen molar-refractivity contribution in [2.24, 2.45) is 5.92 Å². The van der Waals surface area contributed by atoms with E-state index in [-0.39, 0.29) is 0 Å². The van der Waals surface area contributed by atoms with Crippen molar-refractivity contribution in [1.29, 1.82) is 0 Å². The molecular formula is C11H17NO. The van der Waals surface area contributed by atoms with Crippen molar-refractivity contribution in [3.63, 3.8) is 0 Å². The molecule has 0 amide bonds. The minimum atomic E-state index is 0.503. The van der Waals surface area contributed by atoms with E-state index in [1.165, 1.54) is 25.8 Å². The molecule has 2 aliphatic heterocycles. The Morgan fingerprint density at radius 1 is 1.46 bits per heavy atom. The van der Waals surface area contributed by atoms with Crippen LogP contribution in [0.1, 0.15) is 19.3 Å². The summed E-state index contributed by atoms with van der Waals surface area (Å²) in [5.74, 6) is 1.66. The van der Waals surface area contributed by atoms with Crippen molar-refractivity contribution < 1.29 is 4.74 Å². The van der Waals surface area contributed by atoms with Crippen LogP contribution in [0.5, 0.6) is 0 Å². The number of hydrogen-bond donors (Lipinski definition) is 0. The molecule has 0 radical (unpaired) electrons. The van der Waals surface area contributed by atoms with Gasteiger partial charge in [0, 0.05) is 6.54 Å². The maximum atomic E-state index is 5.45. The van der Waals surface area contributed by atoms with E-state index in [1.54, 1.807) is 0 Å². The minimum Gasteiger partial charge on any atom is -0.469 e. The average molecular weight is 179 g/mol. The van der Waals surface area contributed by atoms with Gasteiger partial charge in [-0.05, 0) is 45.0 Å². The first-order chi connectivity index (χ1) is 6.36. The second-order valence-corrected chi connectivity index (χ2v) is 3.92. The number of fused-ring (bicyclic) bond motifs is 1. The van der Waals surface area contributed by atoms with Crippen LogP contribution in [0.25, 0.3) is 0 Å². The molecule has 2 aliphatic rings. The minimum absolute atomic E-state index is 0.503. The zero-order valence-electron chi connectivity index (χ0n) is 8.20. The Bertz CT molecular complexity index is 232. The quantitative estimate of drug-likeness (QED) is 0.565. The lowest BCUT2D eigenvalue weighted by molar-refractivity contribution is 0.277. The number of ether oxygens (including phenoxy) is 1. The highest BCUT2D eigenvalue weighted by molar-refractivity contribution is 5.14. The van der Waals surface area contributed by atoms with E-state index in [4.69, 9.17) is 4.74 Å². The summed E-state index contributed by atoms with van der Waals surface area (Å²) in [5, 5.41) is 0. The molecule has 13 heavy (non-hydrogen) atoms. The van der Waals surface area contributed by atoms with Crippen LogP contribution in [0.3, 0.4) is 0 Å². The molecule has 2 nitrogen and oxygen atoms in total. The maximum Gasteiger partial charge on any atom is 0.107 e. The van der Waals surface area contributed by atoms with E-state index >= 15 is 0 Å². The van der Waals surface area contributed by atoms with Gasteiger partial charge in [0.1, 0.15) is 5.76 Å². The molecule has 0 aliphatic carbocycles. The standard InChI is InChI=1S/C11H17NO/c1-12-7-4-2-3-5-11-10(9-12)6-8-13-11/h5-6,8,10H,2-4,7,9H2,1H3/b11-5-. The number of hydrogen-bond acceptors (Lipinski definition) is 2. The summed E-state index contributed by atoms with van der Waals surface area (Å²) in [6.45, 7) is 2.31. The summed E-state index contributed by atoms with van der Waals surface area (Å²) in [7, 11) is 2.19. The Balaban J connectivity index is 2.06. The van der Waals surface area contributed by atoms with Crippen LogP contribution in [0.4, 0.5) is 0 Å². The van der Waals surface area contributed by atoms with Crippen molar-refractivity contribution >= 4 is 0 Å². The van der Waals surface area contributed by atoms with Crippen LogP contribution in [0.2, 0.25) is 0 Å². The highest BCUT2D eigenvalue weighted by Crippen LogP contribution is 2.24. The Morgan fingerprint density at radius 2 is 2.38 bits per heavy atom. The molecular weight excluding hydrogens is 162 g/mol. The molecule has 0 saturated heterocycles. The molecule has 0 fully saturated rings. The molecule has 2 heterocycles. The fourth-order valence-electron chi connectivity index (χ4n) is 1.94. The first-order valence-corrected chi connectivity index (χ1v) is 5.08. The molecule has 0 saturated carbocycles. The lowest BCUT2D eigenvalue weighted by Gasteiger charge is -2.18. The first kappa shape index (κ1) is 8.82. The molecule has 0 bridgehead atoms. The van der Waals surface area contributed by atoms with Crippen LogP contribution in [-0.4, -0.2) is 25.0 Å². The zero-order valence-corrected chi connectivity index (χ0v) is 8.20. The largest absolute Gasteiger partial charge is 0.469 e. The molecule has 72 valence electrons. The van der Waals surface area contributed by atoms with Gasteiger partial charge in [-0.25, -0.2) is 0 Å². The van der Waals surface area contributed by atoms with Gasteiger partial charge in [0.2, 0.25) is 0 Å². The molecule has 2 rings (SSSR count). The molecule has 0 aromatic rings.